The van der Waals surface area contributed by atoms with Crippen LogP contribution in [0.4, 0.5) is 10.1 Å². The summed E-state index contributed by atoms with van der Waals surface area (Å²) >= 11 is 5.87. The Morgan fingerprint density at radius 1 is 1.20 bits per heavy atom. The Bertz CT molecular complexity index is 640. The second kappa shape index (κ2) is 6.06. The van der Waals surface area contributed by atoms with Gasteiger partial charge in [-0.05, 0) is 23.8 Å². The van der Waals surface area contributed by atoms with E-state index in [9.17, 15) is 9.18 Å². The Morgan fingerprint density at radius 2 is 1.90 bits per heavy atom. The third-order valence-electron chi connectivity index (χ3n) is 3.07. The van der Waals surface area contributed by atoms with E-state index in [-0.39, 0.29) is 17.2 Å². The van der Waals surface area contributed by atoms with Crippen LogP contribution in [0, 0.1) is 5.82 Å². The second-order valence-electron chi connectivity index (χ2n) is 4.76. The summed E-state index contributed by atoms with van der Waals surface area (Å²) in [4.78, 5) is 14.2. The minimum absolute atomic E-state index is 0.0182. The van der Waals surface area contributed by atoms with E-state index < -0.39 is 5.82 Å². The van der Waals surface area contributed by atoms with Crippen molar-refractivity contribution >= 4 is 23.1 Å². The zero-order valence-electron chi connectivity index (χ0n) is 11.4. The molecule has 0 heterocycles. The summed E-state index contributed by atoms with van der Waals surface area (Å²) in [6.07, 6.45) is 0.0907. The lowest BCUT2D eigenvalue weighted by Gasteiger charge is -2.13. The summed E-state index contributed by atoms with van der Waals surface area (Å²) in [5.74, 6) is -0.583. The van der Waals surface area contributed by atoms with E-state index in [2.05, 4.69) is 0 Å². The molecular weight excluding hydrogens is 277 g/mol. The Hall–Kier alpha value is -1.87. The van der Waals surface area contributed by atoms with Gasteiger partial charge in [-0.15, -0.1) is 0 Å². The molecule has 0 aliphatic rings. The van der Waals surface area contributed by atoms with Crippen molar-refractivity contribution in [3.8, 4) is 0 Å². The summed E-state index contributed by atoms with van der Waals surface area (Å²) < 4.78 is 13.4. The number of Topliss-reactive ketones (excluding diaryl/α,β-unsaturated/α-hetero) is 1. The quantitative estimate of drug-likeness (QED) is 0.795. The summed E-state index contributed by atoms with van der Waals surface area (Å²) in [6, 6.07) is 11.8. The second-order valence-corrected chi connectivity index (χ2v) is 5.14. The molecule has 2 rings (SSSR count). The maximum atomic E-state index is 13.4. The molecule has 0 aliphatic heterocycles. The van der Waals surface area contributed by atoms with Gasteiger partial charge in [0.15, 0.2) is 5.78 Å². The van der Waals surface area contributed by atoms with Gasteiger partial charge in [-0.3, -0.25) is 4.79 Å². The zero-order valence-corrected chi connectivity index (χ0v) is 12.1. The number of halogens is 2. The van der Waals surface area contributed by atoms with E-state index in [0.29, 0.717) is 11.1 Å². The highest BCUT2D eigenvalue weighted by atomic mass is 35.5. The van der Waals surface area contributed by atoms with Crippen molar-refractivity contribution in [2.75, 3.05) is 19.0 Å². The van der Waals surface area contributed by atoms with Gasteiger partial charge in [0.1, 0.15) is 5.82 Å². The Labute approximate surface area is 122 Å². The number of benzene rings is 2. The van der Waals surface area contributed by atoms with Gasteiger partial charge in [-0.1, -0.05) is 35.9 Å². The predicted molar refractivity (Wildman–Crippen MR) is 80.2 cm³/mol. The van der Waals surface area contributed by atoms with E-state index in [4.69, 9.17) is 11.6 Å². The molecule has 2 aromatic carbocycles. The van der Waals surface area contributed by atoms with Crippen LogP contribution in [0.3, 0.4) is 0 Å². The molecule has 0 fully saturated rings. The lowest BCUT2D eigenvalue weighted by molar-refractivity contribution is 0.0993. The number of carbonyl (C=O) groups excluding carboxylic acids is 1. The molecule has 0 aromatic heterocycles. The number of anilines is 1. The molecule has 4 heteroatoms. The smallest absolute Gasteiger partial charge is 0.167 e. The van der Waals surface area contributed by atoms with Gasteiger partial charge < -0.3 is 4.90 Å². The Morgan fingerprint density at radius 3 is 2.60 bits per heavy atom. The monoisotopic (exact) mass is 291 g/mol. The van der Waals surface area contributed by atoms with Crippen LogP contribution in [0.15, 0.2) is 42.5 Å². The van der Waals surface area contributed by atoms with Crippen LogP contribution in [0.2, 0.25) is 5.02 Å². The van der Waals surface area contributed by atoms with Gasteiger partial charge in [0.2, 0.25) is 0 Å². The fraction of sp³-hybridized carbons (Fsp3) is 0.188. The summed E-state index contributed by atoms with van der Waals surface area (Å²) in [7, 11) is 3.82. The molecule has 0 aliphatic carbocycles. The molecule has 0 spiro atoms. The molecule has 0 unspecified atom stereocenters. The minimum Gasteiger partial charge on any atom is -0.378 e. The minimum atomic E-state index is -0.501. The van der Waals surface area contributed by atoms with Crippen LogP contribution in [0.5, 0.6) is 0 Å². The highest BCUT2D eigenvalue weighted by Crippen LogP contribution is 2.22. The number of nitrogens with zero attached hydrogens (tertiary/aromatic N) is 1. The topological polar surface area (TPSA) is 20.3 Å². The van der Waals surface area contributed by atoms with E-state index in [0.717, 1.165) is 5.69 Å². The van der Waals surface area contributed by atoms with Crippen LogP contribution < -0.4 is 4.90 Å². The maximum absolute atomic E-state index is 13.4. The molecule has 0 atom stereocenters. The van der Waals surface area contributed by atoms with Crippen molar-refractivity contribution < 1.29 is 9.18 Å². The average molecular weight is 292 g/mol. The van der Waals surface area contributed by atoms with Gasteiger partial charge in [0.25, 0.3) is 0 Å². The van der Waals surface area contributed by atoms with Gasteiger partial charge in [0, 0.05) is 31.8 Å². The summed E-state index contributed by atoms with van der Waals surface area (Å²) in [6.45, 7) is 0. The Kier molecular flexibility index (Phi) is 4.40. The van der Waals surface area contributed by atoms with E-state index in [1.54, 1.807) is 18.2 Å². The van der Waals surface area contributed by atoms with Gasteiger partial charge in [0.05, 0.1) is 5.02 Å². The standard InChI is InChI=1S/C16H15ClFNO/c1-19(2)13-7-3-5-11(9-13)15(20)10-12-6-4-8-14(18)16(12)17/h3-9H,10H2,1-2H3. The van der Waals surface area contributed by atoms with Crippen LogP contribution >= 0.6 is 11.6 Å². The first-order valence-electron chi connectivity index (χ1n) is 6.22. The van der Waals surface area contributed by atoms with E-state index in [1.165, 1.54) is 6.07 Å². The summed E-state index contributed by atoms with van der Waals surface area (Å²) in [5, 5.41) is 0.0182. The zero-order chi connectivity index (χ0) is 14.7. The maximum Gasteiger partial charge on any atom is 0.167 e. The first kappa shape index (κ1) is 14.5. The molecule has 104 valence electrons. The first-order valence-corrected chi connectivity index (χ1v) is 6.60. The molecule has 2 aromatic rings. The number of rotatable bonds is 4. The number of carbonyl (C=O) groups is 1. The molecule has 2 nitrogen and oxygen atoms in total. The molecule has 0 saturated heterocycles. The lowest BCUT2D eigenvalue weighted by atomic mass is 10.0. The molecule has 0 bridgehead atoms. The SMILES string of the molecule is CN(C)c1cccc(C(=O)Cc2cccc(F)c2Cl)c1. The normalized spacial score (nSPS) is 10.4. The molecule has 20 heavy (non-hydrogen) atoms. The van der Waals surface area contributed by atoms with Crippen molar-refractivity contribution in [2.24, 2.45) is 0 Å². The number of ketones is 1. The molecule has 0 radical (unpaired) electrons. The van der Waals surface area contributed by atoms with Crippen LogP contribution in [0.25, 0.3) is 0 Å². The van der Waals surface area contributed by atoms with Crippen LogP contribution in [0.1, 0.15) is 15.9 Å². The molecule has 0 saturated carbocycles. The van der Waals surface area contributed by atoms with E-state index >= 15 is 0 Å². The van der Waals surface area contributed by atoms with Crippen LogP contribution in [-0.4, -0.2) is 19.9 Å². The average Bonchev–Trinajstić information content (AvgIpc) is 2.44. The molecule has 0 amide bonds. The number of hydrogen-bond donors (Lipinski definition) is 0. The Balaban J connectivity index is 2.24. The van der Waals surface area contributed by atoms with Crippen molar-refractivity contribution in [3.05, 3.63) is 64.4 Å². The predicted octanol–water partition coefficient (Wildman–Crippen LogP) is 3.97. The first-order chi connectivity index (χ1) is 9.49. The fourth-order valence-electron chi connectivity index (χ4n) is 1.92. The summed E-state index contributed by atoms with van der Waals surface area (Å²) in [5.41, 5.74) is 2.05. The third-order valence-corrected chi connectivity index (χ3v) is 3.49. The molecule has 0 N–H and O–H groups in total. The van der Waals surface area contributed by atoms with Crippen molar-refractivity contribution in [1.82, 2.24) is 0 Å². The van der Waals surface area contributed by atoms with Gasteiger partial charge >= 0.3 is 0 Å². The largest absolute Gasteiger partial charge is 0.378 e. The van der Waals surface area contributed by atoms with Crippen molar-refractivity contribution in [3.63, 3.8) is 0 Å². The van der Waals surface area contributed by atoms with Crippen LogP contribution in [-0.2, 0) is 6.42 Å². The van der Waals surface area contributed by atoms with Gasteiger partial charge in [-0.25, -0.2) is 4.39 Å². The van der Waals surface area contributed by atoms with E-state index in [1.807, 2.05) is 37.2 Å². The van der Waals surface area contributed by atoms with Crippen molar-refractivity contribution in [1.29, 1.82) is 0 Å². The third kappa shape index (κ3) is 3.17. The highest BCUT2D eigenvalue weighted by Gasteiger charge is 2.12. The number of hydrogen-bond acceptors (Lipinski definition) is 2. The lowest BCUT2D eigenvalue weighted by Crippen LogP contribution is -2.10. The fourth-order valence-corrected chi connectivity index (χ4v) is 2.11. The molecular formula is C16H15ClFNO. The van der Waals surface area contributed by atoms with Gasteiger partial charge in [-0.2, -0.15) is 0 Å². The highest BCUT2D eigenvalue weighted by molar-refractivity contribution is 6.31. The van der Waals surface area contributed by atoms with Crippen molar-refractivity contribution in [2.45, 2.75) is 6.42 Å².